The number of hydrazine groups is 1. The average Bonchev–Trinajstić information content (AvgIpc) is 3.41. The molecule has 6 nitrogen and oxygen atoms in total. The Morgan fingerprint density at radius 1 is 1.06 bits per heavy atom. The molecule has 31 heavy (non-hydrogen) atoms. The monoisotopic (exact) mass is 426 g/mol. The highest BCUT2D eigenvalue weighted by Crippen LogP contribution is 2.37. The number of aromatic nitrogens is 3. The zero-order valence-electron chi connectivity index (χ0n) is 16.9. The Labute approximate surface area is 176 Å². The first-order chi connectivity index (χ1) is 14.9. The van der Waals surface area contributed by atoms with Crippen molar-refractivity contribution >= 4 is 16.6 Å². The molecular weight excluding hydrogens is 405 g/mol. The fourth-order valence-corrected chi connectivity index (χ4v) is 3.47. The van der Waals surface area contributed by atoms with Crippen LogP contribution in [-0.4, -0.2) is 15.0 Å². The van der Waals surface area contributed by atoms with E-state index in [0.29, 0.717) is 34.6 Å². The highest BCUT2D eigenvalue weighted by atomic mass is 19.1. The van der Waals surface area contributed by atoms with Gasteiger partial charge >= 0.3 is 0 Å². The SMILES string of the molecule is CC/C(NNc1ccc(F)c(-c2ccc3c(-c4ncc[nH]4)c[nH]c3c2F)c1F)=C(/C)N. The molecule has 0 atom stereocenters. The molecule has 0 saturated heterocycles. The lowest BCUT2D eigenvalue weighted by Gasteiger charge is -2.16. The van der Waals surface area contributed by atoms with E-state index in [1.54, 1.807) is 31.6 Å². The van der Waals surface area contributed by atoms with E-state index in [0.717, 1.165) is 6.07 Å². The third-order valence-corrected chi connectivity index (χ3v) is 5.08. The lowest BCUT2D eigenvalue weighted by Crippen LogP contribution is -2.24. The van der Waals surface area contributed by atoms with Crippen LogP contribution in [0.5, 0.6) is 0 Å². The Morgan fingerprint density at radius 3 is 2.55 bits per heavy atom. The third kappa shape index (κ3) is 3.58. The molecule has 2 aromatic carbocycles. The van der Waals surface area contributed by atoms with Gasteiger partial charge in [0.05, 0.1) is 16.8 Å². The normalized spacial score (nSPS) is 12.2. The van der Waals surface area contributed by atoms with E-state index in [-0.39, 0.29) is 16.8 Å². The van der Waals surface area contributed by atoms with Crippen LogP contribution in [0.25, 0.3) is 33.4 Å². The molecule has 0 aliphatic heterocycles. The van der Waals surface area contributed by atoms with E-state index >= 15 is 8.78 Å². The number of halogens is 3. The van der Waals surface area contributed by atoms with Crippen molar-refractivity contribution in [1.82, 2.24) is 20.4 Å². The number of nitrogens with two attached hydrogens (primary N) is 1. The molecule has 0 saturated carbocycles. The summed E-state index contributed by atoms with van der Waals surface area (Å²) in [6.07, 6.45) is 5.42. The topological polar surface area (TPSA) is 94.5 Å². The Morgan fingerprint density at radius 2 is 1.87 bits per heavy atom. The summed E-state index contributed by atoms with van der Waals surface area (Å²) in [6.45, 7) is 3.59. The summed E-state index contributed by atoms with van der Waals surface area (Å²) < 4.78 is 45.1. The first-order valence-electron chi connectivity index (χ1n) is 9.67. The molecule has 0 amide bonds. The summed E-state index contributed by atoms with van der Waals surface area (Å²) in [7, 11) is 0. The minimum Gasteiger partial charge on any atom is -0.401 e. The van der Waals surface area contributed by atoms with Crippen LogP contribution >= 0.6 is 0 Å². The van der Waals surface area contributed by atoms with Gasteiger partial charge in [-0.05, 0) is 25.5 Å². The van der Waals surface area contributed by atoms with Crippen molar-refractivity contribution in [3.8, 4) is 22.5 Å². The van der Waals surface area contributed by atoms with Crippen molar-refractivity contribution in [2.24, 2.45) is 5.73 Å². The number of aromatic amines is 2. The van der Waals surface area contributed by atoms with Gasteiger partial charge in [0.1, 0.15) is 11.6 Å². The molecule has 0 aliphatic carbocycles. The molecule has 2 heterocycles. The van der Waals surface area contributed by atoms with Crippen LogP contribution in [0.15, 0.2) is 54.3 Å². The summed E-state index contributed by atoms with van der Waals surface area (Å²) in [6, 6.07) is 5.28. The summed E-state index contributed by atoms with van der Waals surface area (Å²) in [5.74, 6) is -2.00. The Balaban J connectivity index is 1.77. The number of benzene rings is 2. The maximum absolute atomic E-state index is 15.3. The third-order valence-electron chi connectivity index (χ3n) is 5.08. The van der Waals surface area contributed by atoms with Gasteiger partial charge in [-0.15, -0.1) is 0 Å². The van der Waals surface area contributed by atoms with Gasteiger partial charge in [0.2, 0.25) is 0 Å². The lowest BCUT2D eigenvalue weighted by molar-refractivity contribution is 0.584. The molecule has 0 spiro atoms. The Bertz CT molecular complexity index is 1270. The van der Waals surface area contributed by atoms with E-state index in [9.17, 15) is 4.39 Å². The molecule has 0 aliphatic rings. The van der Waals surface area contributed by atoms with E-state index < -0.39 is 23.0 Å². The molecule has 4 aromatic rings. The van der Waals surface area contributed by atoms with Gasteiger partial charge in [-0.25, -0.2) is 18.2 Å². The van der Waals surface area contributed by atoms with E-state index in [2.05, 4.69) is 25.8 Å². The molecule has 0 unspecified atom stereocenters. The molecule has 0 bridgehead atoms. The van der Waals surface area contributed by atoms with Crippen LogP contribution in [0.4, 0.5) is 18.9 Å². The minimum absolute atomic E-state index is 0.0362. The van der Waals surface area contributed by atoms with Crippen molar-refractivity contribution < 1.29 is 13.2 Å². The van der Waals surface area contributed by atoms with Gasteiger partial charge in [0.25, 0.3) is 0 Å². The number of nitrogens with one attached hydrogen (secondary N) is 4. The van der Waals surface area contributed by atoms with Crippen LogP contribution < -0.4 is 16.6 Å². The average molecular weight is 426 g/mol. The first-order valence-corrected chi connectivity index (χ1v) is 9.67. The fraction of sp³-hybridized carbons (Fsp3) is 0.136. The molecule has 0 fully saturated rings. The van der Waals surface area contributed by atoms with Gasteiger partial charge < -0.3 is 21.1 Å². The molecule has 9 heteroatoms. The van der Waals surface area contributed by atoms with Gasteiger partial charge in [0, 0.05) is 46.5 Å². The van der Waals surface area contributed by atoms with E-state index in [1.165, 1.54) is 12.1 Å². The molecule has 0 radical (unpaired) electrons. The summed E-state index contributed by atoms with van der Waals surface area (Å²) in [5.41, 5.74) is 12.6. The number of allylic oxidation sites excluding steroid dienone is 2. The summed E-state index contributed by atoms with van der Waals surface area (Å²) >= 11 is 0. The van der Waals surface area contributed by atoms with Gasteiger partial charge in [-0.1, -0.05) is 19.1 Å². The van der Waals surface area contributed by atoms with Crippen molar-refractivity contribution in [2.45, 2.75) is 20.3 Å². The number of hydrogen-bond donors (Lipinski definition) is 5. The highest BCUT2D eigenvalue weighted by molar-refractivity contribution is 5.96. The zero-order chi connectivity index (χ0) is 22.1. The van der Waals surface area contributed by atoms with Crippen LogP contribution in [0.3, 0.4) is 0 Å². The maximum Gasteiger partial charge on any atom is 0.158 e. The highest BCUT2D eigenvalue weighted by Gasteiger charge is 2.22. The van der Waals surface area contributed by atoms with Crippen LogP contribution in [0, 0.1) is 17.5 Å². The molecule has 4 rings (SSSR count). The second kappa shape index (κ2) is 8.10. The van der Waals surface area contributed by atoms with Crippen LogP contribution in [0.2, 0.25) is 0 Å². The van der Waals surface area contributed by atoms with Gasteiger partial charge in [-0.2, -0.15) is 0 Å². The standard InChI is InChI=1S/C22H21F3N6/c1-3-16(11(2)26)30-31-17-7-6-15(23)18(20(17)25)13-5-4-12-14(22-27-8-9-28-22)10-29-21(12)19(13)24/h4-10,29-31H,3,26H2,1-2H3,(H,27,28)/b16-11+. The Hall–Kier alpha value is -3.88. The largest absolute Gasteiger partial charge is 0.401 e. The lowest BCUT2D eigenvalue weighted by atomic mass is 10.0. The maximum atomic E-state index is 15.3. The van der Waals surface area contributed by atoms with Crippen molar-refractivity contribution in [1.29, 1.82) is 0 Å². The summed E-state index contributed by atoms with van der Waals surface area (Å²) in [4.78, 5) is 9.97. The fourth-order valence-electron chi connectivity index (χ4n) is 3.47. The van der Waals surface area contributed by atoms with Crippen molar-refractivity contribution in [2.75, 3.05) is 5.43 Å². The van der Waals surface area contributed by atoms with E-state index in [4.69, 9.17) is 5.73 Å². The van der Waals surface area contributed by atoms with Crippen molar-refractivity contribution in [3.05, 3.63) is 71.7 Å². The number of fused-ring (bicyclic) bond motifs is 1. The molecule has 6 N–H and O–H groups in total. The van der Waals surface area contributed by atoms with E-state index in [1.807, 2.05) is 6.92 Å². The number of hydrogen-bond acceptors (Lipinski definition) is 4. The predicted molar refractivity (Wildman–Crippen MR) is 115 cm³/mol. The molecular formula is C22H21F3N6. The molecule has 2 aromatic heterocycles. The molecule has 160 valence electrons. The number of imidazole rings is 1. The van der Waals surface area contributed by atoms with Gasteiger partial charge in [-0.3, -0.25) is 5.43 Å². The van der Waals surface area contributed by atoms with Gasteiger partial charge in [0.15, 0.2) is 11.6 Å². The second-order valence-corrected chi connectivity index (χ2v) is 7.04. The smallest absolute Gasteiger partial charge is 0.158 e. The quantitative estimate of drug-likeness (QED) is 0.275. The number of nitrogens with zero attached hydrogens (tertiary/aromatic N) is 1. The Kier molecular flexibility index (Phi) is 5.33. The minimum atomic E-state index is -0.923. The predicted octanol–water partition coefficient (Wildman–Crippen LogP) is 5.16. The van der Waals surface area contributed by atoms with Crippen LogP contribution in [-0.2, 0) is 0 Å². The second-order valence-electron chi connectivity index (χ2n) is 7.04. The number of rotatable bonds is 6. The summed E-state index contributed by atoms with van der Waals surface area (Å²) in [5, 5.41) is 0.545. The zero-order valence-corrected chi connectivity index (χ0v) is 16.9. The van der Waals surface area contributed by atoms with Crippen LogP contribution in [0.1, 0.15) is 20.3 Å². The van der Waals surface area contributed by atoms with Crippen molar-refractivity contribution in [3.63, 3.8) is 0 Å². The number of H-pyrrole nitrogens is 2. The first kappa shape index (κ1) is 20.4. The number of anilines is 1.